The van der Waals surface area contributed by atoms with Crippen LogP contribution in [-0.2, 0) is 16.4 Å². The number of benzene rings is 1. The molecule has 1 aromatic carbocycles. The fourth-order valence-corrected chi connectivity index (χ4v) is 3.30. The third-order valence-electron chi connectivity index (χ3n) is 4.17. The molecule has 0 aliphatic carbocycles. The highest BCUT2D eigenvalue weighted by molar-refractivity contribution is 7.89. The minimum atomic E-state index is -3.79. The Morgan fingerprint density at radius 1 is 1.38 bits per heavy atom. The first-order valence-electron chi connectivity index (χ1n) is 7.31. The van der Waals surface area contributed by atoms with E-state index in [0.29, 0.717) is 17.9 Å². The van der Waals surface area contributed by atoms with Crippen LogP contribution in [0.1, 0.15) is 42.6 Å². The summed E-state index contributed by atoms with van der Waals surface area (Å²) in [5.41, 5.74) is 1.31. The maximum Gasteiger partial charge on any atom is 0.254 e. The zero-order chi connectivity index (χ0) is 15.6. The number of sulfonamides is 1. The van der Waals surface area contributed by atoms with E-state index in [4.69, 9.17) is 5.14 Å². The van der Waals surface area contributed by atoms with E-state index in [2.05, 4.69) is 6.92 Å². The van der Waals surface area contributed by atoms with E-state index in [-0.39, 0.29) is 10.8 Å². The van der Waals surface area contributed by atoms with Crippen LogP contribution in [0.2, 0.25) is 0 Å². The van der Waals surface area contributed by atoms with Crippen molar-refractivity contribution in [2.75, 3.05) is 13.1 Å². The molecule has 1 amide bonds. The highest BCUT2D eigenvalue weighted by atomic mass is 32.2. The van der Waals surface area contributed by atoms with Gasteiger partial charge in [0, 0.05) is 18.7 Å². The molecule has 1 fully saturated rings. The Morgan fingerprint density at radius 3 is 2.62 bits per heavy atom. The van der Waals surface area contributed by atoms with Crippen molar-refractivity contribution >= 4 is 15.9 Å². The standard InChI is InChI=1S/C15H22N2O3S/c1-3-11-7-8-17(10-11)15(18)14-9-13(21(16,19)20)6-5-12(14)4-2/h5-6,9,11H,3-4,7-8,10H2,1-2H3,(H2,16,19,20). The molecule has 1 unspecified atom stereocenters. The van der Waals surface area contributed by atoms with Gasteiger partial charge in [0.1, 0.15) is 0 Å². The summed E-state index contributed by atoms with van der Waals surface area (Å²) in [4.78, 5) is 14.5. The SMILES string of the molecule is CCc1ccc(S(N)(=O)=O)cc1C(=O)N1CCC(CC)C1. The minimum Gasteiger partial charge on any atom is -0.338 e. The third-order valence-corrected chi connectivity index (χ3v) is 5.08. The number of nitrogens with zero attached hydrogens (tertiary/aromatic N) is 1. The number of likely N-dealkylation sites (tertiary alicyclic amines) is 1. The predicted octanol–water partition coefficient (Wildman–Crippen LogP) is 1.77. The topological polar surface area (TPSA) is 80.5 Å². The Kier molecular flexibility index (Phi) is 4.68. The number of carbonyl (C=O) groups is 1. The van der Waals surface area contributed by atoms with E-state index in [1.807, 2.05) is 11.8 Å². The van der Waals surface area contributed by atoms with Gasteiger partial charge in [0.2, 0.25) is 10.0 Å². The van der Waals surface area contributed by atoms with Gasteiger partial charge in [-0.2, -0.15) is 0 Å². The number of amides is 1. The number of aryl methyl sites for hydroxylation is 1. The van der Waals surface area contributed by atoms with E-state index in [0.717, 1.165) is 31.5 Å². The second kappa shape index (κ2) is 6.15. The molecule has 1 saturated heterocycles. The number of carbonyl (C=O) groups excluding carboxylic acids is 1. The molecule has 0 spiro atoms. The smallest absolute Gasteiger partial charge is 0.254 e. The van der Waals surface area contributed by atoms with Gasteiger partial charge < -0.3 is 4.90 Å². The van der Waals surface area contributed by atoms with Crippen LogP contribution in [0.15, 0.2) is 23.1 Å². The van der Waals surface area contributed by atoms with Gasteiger partial charge in [-0.25, -0.2) is 13.6 Å². The average molecular weight is 310 g/mol. The van der Waals surface area contributed by atoms with Crippen LogP contribution in [0.5, 0.6) is 0 Å². The number of hydrogen-bond acceptors (Lipinski definition) is 3. The molecule has 6 heteroatoms. The molecular formula is C15H22N2O3S. The van der Waals surface area contributed by atoms with E-state index >= 15 is 0 Å². The Morgan fingerprint density at radius 2 is 2.10 bits per heavy atom. The lowest BCUT2D eigenvalue weighted by molar-refractivity contribution is 0.0785. The lowest BCUT2D eigenvalue weighted by atomic mass is 10.0. The summed E-state index contributed by atoms with van der Waals surface area (Å²) in [5, 5.41) is 5.16. The summed E-state index contributed by atoms with van der Waals surface area (Å²) in [6.07, 6.45) is 2.75. The fourth-order valence-electron chi connectivity index (χ4n) is 2.76. The van der Waals surface area contributed by atoms with Crippen molar-refractivity contribution in [1.29, 1.82) is 0 Å². The summed E-state index contributed by atoms with van der Waals surface area (Å²) in [6.45, 7) is 5.55. The van der Waals surface area contributed by atoms with Gasteiger partial charge in [0.05, 0.1) is 4.90 Å². The molecule has 1 heterocycles. The molecule has 5 nitrogen and oxygen atoms in total. The number of primary sulfonamides is 1. The maximum absolute atomic E-state index is 12.7. The highest BCUT2D eigenvalue weighted by Gasteiger charge is 2.27. The summed E-state index contributed by atoms with van der Waals surface area (Å²) < 4.78 is 23.0. The van der Waals surface area contributed by atoms with Gasteiger partial charge in [-0.05, 0) is 36.5 Å². The van der Waals surface area contributed by atoms with Crippen LogP contribution in [0.4, 0.5) is 0 Å². The molecule has 1 atom stereocenters. The molecule has 2 rings (SSSR count). The molecule has 116 valence electrons. The van der Waals surface area contributed by atoms with Gasteiger partial charge in [0.25, 0.3) is 5.91 Å². The predicted molar refractivity (Wildman–Crippen MR) is 81.5 cm³/mol. The molecule has 1 aromatic rings. The van der Waals surface area contributed by atoms with Crippen molar-refractivity contribution in [3.8, 4) is 0 Å². The van der Waals surface area contributed by atoms with Crippen molar-refractivity contribution in [2.45, 2.75) is 38.0 Å². The third kappa shape index (κ3) is 3.44. The van der Waals surface area contributed by atoms with Crippen LogP contribution in [-0.4, -0.2) is 32.3 Å². The zero-order valence-electron chi connectivity index (χ0n) is 12.5. The quantitative estimate of drug-likeness (QED) is 0.920. The van der Waals surface area contributed by atoms with Crippen LogP contribution >= 0.6 is 0 Å². The molecule has 0 saturated carbocycles. The molecule has 1 aliphatic heterocycles. The maximum atomic E-state index is 12.7. The Hall–Kier alpha value is -1.40. The van der Waals surface area contributed by atoms with E-state index < -0.39 is 10.0 Å². The second-order valence-corrected chi connectivity index (χ2v) is 7.09. The average Bonchev–Trinajstić information content (AvgIpc) is 2.93. The number of rotatable bonds is 4. The monoisotopic (exact) mass is 310 g/mol. The first-order valence-corrected chi connectivity index (χ1v) is 8.86. The lowest BCUT2D eigenvalue weighted by Gasteiger charge is -2.18. The molecule has 0 radical (unpaired) electrons. The Labute approximate surface area is 126 Å². The molecular weight excluding hydrogens is 288 g/mol. The van der Waals surface area contributed by atoms with Crippen molar-refractivity contribution < 1.29 is 13.2 Å². The normalized spacial score (nSPS) is 19.0. The highest BCUT2D eigenvalue weighted by Crippen LogP contribution is 2.24. The van der Waals surface area contributed by atoms with Crippen molar-refractivity contribution in [2.24, 2.45) is 11.1 Å². The first-order chi connectivity index (χ1) is 9.86. The Balaban J connectivity index is 2.35. The molecule has 2 N–H and O–H groups in total. The summed E-state index contributed by atoms with van der Waals surface area (Å²) >= 11 is 0. The molecule has 0 bridgehead atoms. The lowest BCUT2D eigenvalue weighted by Crippen LogP contribution is -2.29. The largest absolute Gasteiger partial charge is 0.338 e. The van der Waals surface area contributed by atoms with Crippen LogP contribution in [0, 0.1) is 5.92 Å². The van der Waals surface area contributed by atoms with Crippen molar-refractivity contribution in [3.63, 3.8) is 0 Å². The van der Waals surface area contributed by atoms with E-state index in [1.165, 1.54) is 12.1 Å². The van der Waals surface area contributed by atoms with Crippen LogP contribution in [0.25, 0.3) is 0 Å². The Bertz CT molecular complexity index is 640. The van der Waals surface area contributed by atoms with E-state index in [9.17, 15) is 13.2 Å². The van der Waals surface area contributed by atoms with Gasteiger partial charge >= 0.3 is 0 Å². The molecule has 0 aromatic heterocycles. The van der Waals surface area contributed by atoms with Crippen LogP contribution in [0.3, 0.4) is 0 Å². The van der Waals surface area contributed by atoms with Crippen molar-refractivity contribution in [1.82, 2.24) is 4.90 Å². The second-order valence-electron chi connectivity index (χ2n) is 5.53. The summed E-state index contributed by atoms with van der Waals surface area (Å²) in [7, 11) is -3.79. The zero-order valence-corrected chi connectivity index (χ0v) is 13.3. The summed E-state index contributed by atoms with van der Waals surface area (Å²) in [5.74, 6) is 0.453. The van der Waals surface area contributed by atoms with Crippen LogP contribution < -0.4 is 5.14 Å². The number of hydrogen-bond donors (Lipinski definition) is 1. The van der Waals surface area contributed by atoms with Gasteiger partial charge in [0.15, 0.2) is 0 Å². The first kappa shape index (κ1) is 16.0. The number of nitrogens with two attached hydrogens (primary N) is 1. The summed E-state index contributed by atoms with van der Waals surface area (Å²) in [6, 6.07) is 4.56. The van der Waals surface area contributed by atoms with Gasteiger partial charge in [-0.15, -0.1) is 0 Å². The van der Waals surface area contributed by atoms with E-state index in [1.54, 1.807) is 6.07 Å². The fraction of sp³-hybridized carbons (Fsp3) is 0.533. The van der Waals surface area contributed by atoms with Gasteiger partial charge in [-0.1, -0.05) is 26.3 Å². The molecule has 21 heavy (non-hydrogen) atoms. The van der Waals surface area contributed by atoms with Crippen molar-refractivity contribution in [3.05, 3.63) is 29.3 Å². The molecule has 1 aliphatic rings. The minimum absolute atomic E-state index is 0.00529. The van der Waals surface area contributed by atoms with Gasteiger partial charge in [-0.3, -0.25) is 4.79 Å².